The van der Waals surface area contributed by atoms with Crippen LogP contribution in [0, 0.1) is 5.92 Å². The normalized spacial score (nSPS) is 19.2. The fourth-order valence-electron chi connectivity index (χ4n) is 3.91. The molecule has 0 spiro atoms. The molecule has 1 saturated carbocycles. The third-order valence-electron chi connectivity index (χ3n) is 5.82. The molecule has 7 heteroatoms. The Bertz CT molecular complexity index is 1080. The molecule has 1 fully saturated rings. The van der Waals surface area contributed by atoms with E-state index in [1.165, 1.54) is 6.20 Å². The zero-order valence-electron chi connectivity index (χ0n) is 18.0. The monoisotopic (exact) mass is 436 g/mol. The number of amides is 1. The van der Waals surface area contributed by atoms with Gasteiger partial charge in [0.25, 0.3) is 0 Å². The van der Waals surface area contributed by atoms with Gasteiger partial charge in [-0.2, -0.15) is 0 Å². The van der Waals surface area contributed by atoms with Gasteiger partial charge < -0.3 is 19.5 Å². The molecule has 4 rings (SSSR count). The maximum atomic E-state index is 13.0. The highest BCUT2D eigenvalue weighted by Gasteiger charge is 2.60. The van der Waals surface area contributed by atoms with Crippen LogP contribution in [0.3, 0.4) is 0 Å². The first-order valence-corrected chi connectivity index (χ1v) is 10.3. The van der Waals surface area contributed by atoms with Crippen LogP contribution in [0.15, 0.2) is 66.9 Å². The van der Waals surface area contributed by atoms with E-state index in [0.29, 0.717) is 41.7 Å². The lowest BCUT2D eigenvalue weighted by atomic mass is 9.93. The number of rotatable bonds is 9. The molecule has 2 aromatic carbocycles. The van der Waals surface area contributed by atoms with E-state index >= 15 is 0 Å². The minimum Gasteiger partial charge on any atom is -0.493 e. The van der Waals surface area contributed by atoms with Crippen LogP contribution in [0.1, 0.15) is 17.7 Å². The second kappa shape index (κ2) is 9.26. The second-order valence-corrected chi connectivity index (χ2v) is 7.75. The Morgan fingerprint density at radius 1 is 1.09 bits per heavy atom. The molecule has 2 atom stereocenters. The Kier molecular flexibility index (Phi) is 6.25. The van der Waals surface area contributed by atoms with Gasteiger partial charge in [0.2, 0.25) is 5.91 Å². The van der Waals surface area contributed by atoms with Gasteiger partial charge in [-0.05, 0) is 36.2 Å². The first-order valence-electron chi connectivity index (χ1n) is 10.3. The lowest BCUT2D eigenvalue weighted by Crippen LogP contribution is -2.26. The maximum absolute atomic E-state index is 13.0. The van der Waals surface area contributed by atoms with Gasteiger partial charge in [0.15, 0.2) is 11.5 Å². The number of anilines is 1. The van der Waals surface area contributed by atoms with Crippen LogP contribution in [0.4, 0.5) is 10.1 Å². The number of hydrogen-bond acceptors (Lipinski definition) is 5. The third-order valence-corrected chi connectivity index (χ3v) is 5.82. The summed E-state index contributed by atoms with van der Waals surface area (Å²) in [6.07, 6.45) is 2.13. The smallest absolute Gasteiger partial charge is 0.228 e. The number of benzene rings is 2. The highest BCUT2D eigenvalue weighted by atomic mass is 19.1. The van der Waals surface area contributed by atoms with E-state index in [-0.39, 0.29) is 11.8 Å². The van der Waals surface area contributed by atoms with Crippen molar-refractivity contribution in [2.45, 2.75) is 18.5 Å². The van der Waals surface area contributed by atoms with Gasteiger partial charge in [-0.15, -0.1) is 0 Å². The number of hydrogen-bond donors (Lipinski definition) is 1. The van der Waals surface area contributed by atoms with Crippen molar-refractivity contribution in [2.75, 3.05) is 26.1 Å². The molecular formula is C25H25FN2O4. The molecule has 0 radical (unpaired) electrons. The SMILES string of the molecule is COc1ccc(OCC2(c3ccccc3)CC2C(=O)Nc2ccc(CF)nc2)cc1OC. The summed E-state index contributed by atoms with van der Waals surface area (Å²) in [5.74, 6) is 1.46. The van der Waals surface area contributed by atoms with E-state index in [1.54, 1.807) is 38.5 Å². The quantitative estimate of drug-likeness (QED) is 0.533. The summed E-state index contributed by atoms with van der Waals surface area (Å²) in [7, 11) is 3.15. The van der Waals surface area contributed by atoms with Crippen LogP contribution in [0.5, 0.6) is 17.2 Å². The number of halogens is 1. The summed E-state index contributed by atoms with van der Waals surface area (Å²) in [5.41, 5.74) is 1.48. The first-order chi connectivity index (χ1) is 15.6. The van der Waals surface area contributed by atoms with Crippen LogP contribution in [0.25, 0.3) is 0 Å². The van der Waals surface area contributed by atoms with E-state index in [9.17, 15) is 9.18 Å². The first kappa shape index (κ1) is 21.6. The molecule has 2 unspecified atom stereocenters. The molecule has 1 heterocycles. The standard InChI is InChI=1S/C25H25FN2O4/c1-30-22-11-10-20(12-23(22)31-2)32-16-25(17-6-4-3-5-7-17)13-21(25)24(29)28-19-9-8-18(14-26)27-15-19/h3-12,15,21H,13-14,16H2,1-2H3,(H,28,29). The van der Waals surface area contributed by atoms with Crippen molar-refractivity contribution in [3.8, 4) is 17.2 Å². The van der Waals surface area contributed by atoms with Crippen molar-refractivity contribution in [3.05, 3.63) is 78.1 Å². The van der Waals surface area contributed by atoms with Crippen molar-refractivity contribution < 1.29 is 23.4 Å². The molecular weight excluding hydrogens is 411 g/mol. The summed E-state index contributed by atoms with van der Waals surface area (Å²) in [6.45, 7) is -0.301. The van der Waals surface area contributed by atoms with E-state index in [1.807, 2.05) is 36.4 Å². The van der Waals surface area contributed by atoms with Crippen LogP contribution in [-0.4, -0.2) is 31.7 Å². The topological polar surface area (TPSA) is 69.7 Å². The third kappa shape index (κ3) is 4.37. The van der Waals surface area contributed by atoms with Gasteiger partial charge in [0.1, 0.15) is 12.4 Å². The largest absolute Gasteiger partial charge is 0.493 e. The lowest BCUT2D eigenvalue weighted by molar-refractivity contribution is -0.117. The number of alkyl halides is 1. The van der Waals surface area contributed by atoms with Gasteiger partial charge in [-0.3, -0.25) is 9.78 Å². The average molecular weight is 436 g/mol. The number of nitrogens with zero attached hydrogens (tertiary/aromatic N) is 1. The summed E-state index contributed by atoms with van der Waals surface area (Å²) < 4.78 is 29.4. The predicted molar refractivity (Wildman–Crippen MR) is 119 cm³/mol. The van der Waals surface area contributed by atoms with Crippen LogP contribution in [-0.2, 0) is 16.9 Å². The molecule has 0 aliphatic heterocycles. The number of carbonyl (C=O) groups excluding carboxylic acids is 1. The fourth-order valence-corrected chi connectivity index (χ4v) is 3.91. The second-order valence-electron chi connectivity index (χ2n) is 7.75. The molecule has 0 saturated heterocycles. The average Bonchev–Trinajstić information content (AvgIpc) is 3.59. The van der Waals surface area contributed by atoms with Crippen molar-refractivity contribution in [1.82, 2.24) is 4.98 Å². The van der Waals surface area contributed by atoms with Crippen LogP contribution >= 0.6 is 0 Å². The highest BCUT2D eigenvalue weighted by Crippen LogP contribution is 2.55. The Morgan fingerprint density at radius 2 is 1.88 bits per heavy atom. The van der Waals surface area contributed by atoms with Gasteiger partial charge in [0.05, 0.1) is 44.3 Å². The number of aromatic nitrogens is 1. The molecule has 3 aromatic rings. The molecule has 1 N–H and O–H groups in total. The van der Waals surface area contributed by atoms with Gasteiger partial charge >= 0.3 is 0 Å². The molecule has 1 amide bonds. The molecule has 32 heavy (non-hydrogen) atoms. The van der Waals surface area contributed by atoms with Crippen molar-refractivity contribution >= 4 is 11.6 Å². The van der Waals surface area contributed by atoms with Crippen molar-refractivity contribution in [2.24, 2.45) is 5.92 Å². The number of methoxy groups -OCH3 is 2. The fraction of sp³-hybridized carbons (Fsp3) is 0.280. The minimum absolute atomic E-state index is 0.112. The Labute approximate surface area is 186 Å². The van der Waals surface area contributed by atoms with E-state index in [0.717, 1.165) is 5.56 Å². The minimum atomic E-state index is -0.637. The van der Waals surface area contributed by atoms with Gasteiger partial charge in [0, 0.05) is 11.5 Å². The Hall–Kier alpha value is -3.61. The Morgan fingerprint density at radius 3 is 2.53 bits per heavy atom. The molecule has 166 valence electrons. The number of pyridine rings is 1. The molecule has 1 aromatic heterocycles. The summed E-state index contributed by atoms with van der Waals surface area (Å²) in [6, 6.07) is 18.5. The van der Waals surface area contributed by atoms with Crippen LogP contribution < -0.4 is 19.5 Å². The molecule has 0 bridgehead atoms. The van der Waals surface area contributed by atoms with Gasteiger partial charge in [-0.25, -0.2) is 4.39 Å². The number of ether oxygens (including phenoxy) is 3. The van der Waals surface area contributed by atoms with E-state index < -0.39 is 12.1 Å². The van der Waals surface area contributed by atoms with Crippen molar-refractivity contribution in [1.29, 1.82) is 0 Å². The molecule has 6 nitrogen and oxygen atoms in total. The van der Waals surface area contributed by atoms with Crippen molar-refractivity contribution in [3.63, 3.8) is 0 Å². The number of carbonyl (C=O) groups is 1. The zero-order chi connectivity index (χ0) is 22.6. The lowest BCUT2D eigenvalue weighted by Gasteiger charge is -2.20. The highest BCUT2D eigenvalue weighted by molar-refractivity contribution is 5.96. The summed E-state index contributed by atoms with van der Waals surface area (Å²) >= 11 is 0. The van der Waals surface area contributed by atoms with Gasteiger partial charge in [-0.1, -0.05) is 30.3 Å². The Balaban J connectivity index is 1.51. The number of nitrogens with one attached hydrogen (secondary N) is 1. The summed E-state index contributed by atoms with van der Waals surface area (Å²) in [5, 5.41) is 2.90. The predicted octanol–water partition coefficient (Wildman–Crippen LogP) is 4.54. The zero-order valence-corrected chi connectivity index (χ0v) is 18.0. The maximum Gasteiger partial charge on any atom is 0.228 e. The molecule has 1 aliphatic rings. The van der Waals surface area contributed by atoms with E-state index in [4.69, 9.17) is 14.2 Å². The van der Waals surface area contributed by atoms with E-state index in [2.05, 4.69) is 10.3 Å². The molecule has 1 aliphatic carbocycles. The summed E-state index contributed by atoms with van der Waals surface area (Å²) in [4.78, 5) is 17.0. The van der Waals surface area contributed by atoms with Crippen LogP contribution in [0.2, 0.25) is 0 Å².